The molecule has 20 heavy (non-hydrogen) atoms. The Morgan fingerprint density at radius 1 is 1.45 bits per heavy atom. The molecule has 6 heteroatoms. The van der Waals surface area contributed by atoms with E-state index in [1.165, 1.54) is 0 Å². The van der Waals surface area contributed by atoms with E-state index in [-0.39, 0.29) is 12.6 Å². The van der Waals surface area contributed by atoms with E-state index < -0.39 is 6.04 Å². The van der Waals surface area contributed by atoms with Crippen molar-refractivity contribution in [2.75, 3.05) is 24.7 Å². The summed E-state index contributed by atoms with van der Waals surface area (Å²) in [6.07, 6.45) is 1.83. The minimum Gasteiger partial charge on any atom is -0.394 e. The molecule has 0 heterocycles. The van der Waals surface area contributed by atoms with Crippen molar-refractivity contribution < 1.29 is 9.90 Å². The Kier molecular flexibility index (Phi) is 8.18. The fourth-order valence-corrected chi connectivity index (χ4v) is 2.25. The number of hydrogen-bond acceptors (Lipinski definition) is 3. The fraction of sp³-hybridized carbons (Fsp3) is 0.357. The van der Waals surface area contributed by atoms with Gasteiger partial charge in [0.15, 0.2) is 0 Å². The number of thioether (sulfide) groups is 1. The highest BCUT2D eigenvalue weighted by Gasteiger charge is 2.12. The largest absolute Gasteiger partial charge is 0.394 e. The van der Waals surface area contributed by atoms with E-state index in [1.54, 1.807) is 36.0 Å². The van der Waals surface area contributed by atoms with Crippen LogP contribution in [0.4, 0.5) is 4.79 Å². The zero-order chi connectivity index (χ0) is 14.8. The monoisotopic (exact) mass is 314 g/mol. The minimum absolute atomic E-state index is 0.166. The number of hydrogen-bond donors (Lipinski definition) is 3. The third-order valence-electron chi connectivity index (χ3n) is 2.53. The van der Waals surface area contributed by atoms with Crippen LogP contribution in [0.25, 0.3) is 0 Å². The van der Waals surface area contributed by atoms with Crippen molar-refractivity contribution >= 4 is 29.4 Å². The number of rotatable bonds is 8. The zero-order valence-electron chi connectivity index (χ0n) is 11.1. The van der Waals surface area contributed by atoms with Crippen LogP contribution >= 0.6 is 23.4 Å². The van der Waals surface area contributed by atoms with E-state index in [0.29, 0.717) is 11.6 Å². The normalized spacial score (nSPS) is 11.7. The maximum atomic E-state index is 11.7. The van der Waals surface area contributed by atoms with Crippen LogP contribution in [-0.4, -0.2) is 35.8 Å². The SMILES string of the molecule is C=CCSCCNC(=O)NC(CO)c1ccc(Cl)cc1. The summed E-state index contributed by atoms with van der Waals surface area (Å²) in [6, 6.07) is 6.29. The Labute approximate surface area is 128 Å². The van der Waals surface area contributed by atoms with Gasteiger partial charge in [0, 0.05) is 23.1 Å². The van der Waals surface area contributed by atoms with Gasteiger partial charge < -0.3 is 15.7 Å². The number of urea groups is 1. The average Bonchev–Trinajstić information content (AvgIpc) is 2.45. The Morgan fingerprint density at radius 3 is 2.75 bits per heavy atom. The topological polar surface area (TPSA) is 61.4 Å². The molecule has 0 saturated carbocycles. The third-order valence-corrected chi connectivity index (χ3v) is 3.74. The van der Waals surface area contributed by atoms with Crippen LogP contribution < -0.4 is 10.6 Å². The second-order valence-corrected chi connectivity index (χ2v) is 5.64. The quantitative estimate of drug-likeness (QED) is 0.510. The average molecular weight is 315 g/mol. The maximum Gasteiger partial charge on any atom is 0.315 e. The van der Waals surface area contributed by atoms with Gasteiger partial charge in [0.05, 0.1) is 12.6 Å². The number of carbonyl (C=O) groups excluding carboxylic acids is 1. The number of carbonyl (C=O) groups is 1. The summed E-state index contributed by atoms with van der Waals surface area (Å²) in [4.78, 5) is 11.7. The number of nitrogens with one attached hydrogen (secondary N) is 2. The highest BCUT2D eigenvalue weighted by atomic mass is 35.5. The van der Waals surface area contributed by atoms with Crippen LogP contribution in [0.1, 0.15) is 11.6 Å². The van der Waals surface area contributed by atoms with Gasteiger partial charge in [0.1, 0.15) is 0 Å². The van der Waals surface area contributed by atoms with Crippen molar-refractivity contribution in [1.82, 2.24) is 10.6 Å². The van der Waals surface area contributed by atoms with Crippen molar-refractivity contribution in [3.8, 4) is 0 Å². The van der Waals surface area contributed by atoms with E-state index in [4.69, 9.17) is 11.6 Å². The minimum atomic E-state index is -0.437. The lowest BCUT2D eigenvalue weighted by Gasteiger charge is -2.17. The summed E-state index contributed by atoms with van der Waals surface area (Å²) < 4.78 is 0. The summed E-state index contributed by atoms with van der Waals surface area (Å²) in [7, 11) is 0. The van der Waals surface area contributed by atoms with E-state index in [1.807, 2.05) is 6.08 Å². The predicted octanol–water partition coefficient (Wildman–Crippen LogP) is 2.59. The Balaban J connectivity index is 2.37. The first-order chi connectivity index (χ1) is 9.67. The third kappa shape index (κ3) is 6.32. The molecule has 0 bridgehead atoms. The summed E-state index contributed by atoms with van der Waals surface area (Å²) in [5.41, 5.74) is 0.813. The highest BCUT2D eigenvalue weighted by Crippen LogP contribution is 2.16. The number of aliphatic hydroxyl groups is 1. The van der Waals surface area contributed by atoms with E-state index >= 15 is 0 Å². The molecule has 0 saturated heterocycles. The van der Waals surface area contributed by atoms with Crippen molar-refractivity contribution in [1.29, 1.82) is 0 Å². The Hall–Kier alpha value is -1.17. The summed E-state index contributed by atoms with van der Waals surface area (Å²) in [6.45, 7) is 4.03. The first-order valence-electron chi connectivity index (χ1n) is 6.26. The van der Waals surface area contributed by atoms with Crippen molar-refractivity contribution in [2.45, 2.75) is 6.04 Å². The van der Waals surface area contributed by atoms with Crippen LogP contribution in [0.2, 0.25) is 5.02 Å². The molecule has 1 atom stereocenters. The molecule has 3 N–H and O–H groups in total. The molecule has 0 spiro atoms. The maximum absolute atomic E-state index is 11.7. The molecule has 0 aliphatic carbocycles. The van der Waals surface area contributed by atoms with Gasteiger partial charge in [-0.15, -0.1) is 6.58 Å². The molecule has 0 aliphatic rings. The van der Waals surface area contributed by atoms with E-state index in [2.05, 4.69) is 17.2 Å². The molecule has 1 rings (SSSR count). The first-order valence-corrected chi connectivity index (χ1v) is 7.80. The van der Waals surface area contributed by atoms with Crippen LogP contribution in [-0.2, 0) is 0 Å². The summed E-state index contributed by atoms with van der Waals surface area (Å²) in [5, 5.41) is 15.4. The van der Waals surface area contributed by atoms with Gasteiger partial charge in [-0.2, -0.15) is 11.8 Å². The fourth-order valence-electron chi connectivity index (χ4n) is 1.54. The second-order valence-electron chi connectivity index (χ2n) is 4.05. The second kappa shape index (κ2) is 9.69. The van der Waals surface area contributed by atoms with Crippen molar-refractivity contribution in [3.05, 3.63) is 47.5 Å². The van der Waals surface area contributed by atoms with Gasteiger partial charge in [-0.05, 0) is 17.7 Å². The molecule has 0 radical (unpaired) electrons. The number of benzene rings is 1. The summed E-state index contributed by atoms with van der Waals surface area (Å²) in [5.74, 6) is 1.69. The van der Waals surface area contributed by atoms with Gasteiger partial charge in [-0.3, -0.25) is 0 Å². The van der Waals surface area contributed by atoms with Crippen LogP contribution in [0, 0.1) is 0 Å². The molecular formula is C14H19ClN2O2S. The molecule has 1 aromatic carbocycles. The van der Waals surface area contributed by atoms with Crippen molar-refractivity contribution in [3.63, 3.8) is 0 Å². The van der Waals surface area contributed by atoms with Gasteiger partial charge in [-0.25, -0.2) is 4.79 Å². The zero-order valence-corrected chi connectivity index (χ0v) is 12.7. The number of aliphatic hydroxyl groups excluding tert-OH is 1. The van der Waals surface area contributed by atoms with Gasteiger partial charge in [0.2, 0.25) is 0 Å². The Morgan fingerprint density at radius 2 is 2.15 bits per heavy atom. The van der Waals surface area contributed by atoms with Crippen molar-refractivity contribution in [2.24, 2.45) is 0 Å². The van der Waals surface area contributed by atoms with Gasteiger partial charge in [0.25, 0.3) is 0 Å². The molecule has 2 amide bonds. The van der Waals surface area contributed by atoms with E-state index in [9.17, 15) is 9.90 Å². The first kappa shape index (κ1) is 16.9. The highest BCUT2D eigenvalue weighted by molar-refractivity contribution is 7.99. The molecule has 0 aromatic heterocycles. The molecular weight excluding hydrogens is 296 g/mol. The smallest absolute Gasteiger partial charge is 0.315 e. The van der Waals surface area contributed by atoms with Crippen LogP contribution in [0.15, 0.2) is 36.9 Å². The van der Waals surface area contributed by atoms with Gasteiger partial charge in [-0.1, -0.05) is 29.8 Å². The molecule has 110 valence electrons. The molecule has 1 unspecified atom stereocenters. The molecule has 0 fully saturated rings. The van der Waals surface area contributed by atoms with Gasteiger partial charge >= 0.3 is 6.03 Å². The van der Waals surface area contributed by atoms with Crippen LogP contribution in [0.5, 0.6) is 0 Å². The Bertz CT molecular complexity index is 426. The number of amides is 2. The van der Waals surface area contributed by atoms with Crippen LogP contribution in [0.3, 0.4) is 0 Å². The van der Waals surface area contributed by atoms with E-state index in [0.717, 1.165) is 17.1 Å². The lowest BCUT2D eigenvalue weighted by molar-refractivity contribution is 0.217. The standard InChI is InChI=1S/C14H19ClN2O2S/c1-2-8-20-9-7-16-14(19)17-13(10-18)11-3-5-12(15)6-4-11/h2-6,13,18H,1,7-10H2,(H2,16,17,19). The molecule has 4 nitrogen and oxygen atoms in total. The molecule has 0 aliphatic heterocycles. The predicted molar refractivity (Wildman–Crippen MR) is 85.3 cm³/mol. The lowest BCUT2D eigenvalue weighted by atomic mass is 10.1. The molecule has 1 aromatic rings. The summed E-state index contributed by atoms with van der Waals surface area (Å²) >= 11 is 7.50. The number of halogens is 1. The lowest BCUT2D eigenvalue weighted by Crippen LogP contribution is -2.40.